The molecule has 84 valence electrons. The Bertz CT molecular complexity index is 296. The first kappa shape index (κ1) is 10.5. The summed E-state index contributed by atoms with van der Waals surface area (Å²) >= 11 is 0. The zero-order valence-electron chi connectivity index (χ0n) is 8.85. The molecule has 1 aliphatic heterocycles. The van der Waals surface area contributed by atoms with Crippen LogP contribution < -0.4 is 5.32 Å². The van der Waals surface area contributed by atoms with Gasteiger partial charge in [0.15, 0.2) is 0 Å². The molecule has 0 spiro atoms. The molecule has 1 aromatic rings. The molecular weight excluding hydrogens is 196 g/mol. The standard InChI is InChI=1S/C9H16N4O2/c1-13-6-11-12-9(13)5-10-4-8-2-3-14-7-15-8/h6,8,10H,2-5,7H2,1H3. The van der Waals surface area contributed by atoms with E-state index in [0.29, 0.717) is 6.79 Å². The van der Waals surface area contributed by atoms with Gasteiger partial charge in [-0.25, -0.2) is 0 Å². The molecule has 1 atom stereocenters. The highest BCUT2D eigenvalue weighted by atomic mass is 16.7. The van der Waals surface area contributed by atoms with Gasteiger partial charge in [0.05, 0.1) is 19.3 Å². The molecular formula is C9H16N4O2. The molecule has 1 unspecified atom stereocenters. The average molecular weight is 212 g/mol. The Morgan fingerprint density at radius 1 is 1.67 bits per heavy atom. The fourth-order valence-electron chi connectivity index (χ4n) is 1.47. The molecule has 15 heavy (non-hydrogen) atoms. The molecule has 1 aromatic heterocycles. The van der Waals surface area contributed by atoms with Crippen LogP contribution in [0, 0.1) is 0 Å². The van der Waals surface area contributed by atoms with Gasteiger partial charge < -0.3 is 19.4 Å². The van der Waals surface area contributed by atoms with E-state index in [1.165, 1.54) is 0 Å². The van der Waals surface area contributed by atoms with Gasteiger partial charge in [0.25, 0.3) is 0 Å². The molecule has 0 saturated carbocycles. The Balaban J connectivity index is 1.68. The van der Waals surface area contributed by atoms with E-state index in [9.17, 15) is 0 Å². The highest BCUT2D eigenvalue weighted by Gasteiger charge is 2.13. The van der Waals surface area contributed by atoms with Gasteiger partial charge in [-0.2, -0.15) is 0 Å². The lowest BCUT2D eigenvalue weighted by Crippen LogP contribution is -2.34. The van der Waals surface area contributed by atoms with Gasteiger partial charge in [-0.15, -0.1) is 10.2 Å². The summed E-state index contributed by atoms with van der Waals surface area (Å²) in [6.07, 6.45) is 2.90. The van der Waals surface area contributed by atoms with E-state index < -0.39 is 0 Å². The van der Waals surface area contributed by atoms with Gasteiger partial charge in [-0.1, -0.05) is 0 Å². The van der Waals surface area contributed by atoms with Gasteiger partial charge in [-0.05, 0) is 6.42 Å². The lowest BCUT2D eigenvalue weighted by molar-refractivity contribution is -0.137. The van der Waals surface area contributed by atoms with Gasteiger partial charge in [0.1, 0.15) is 18.9 Å². The maximum atomic E-state index is 5.40. The molecule has 2 rings (SSSR count). The number of rotatable bonds is 4. The Labute approximate surface area is 88.6 Å². The van der Waals surface area contributed by atoms with Crippen LogP contribution in [0.1, 0.15) is 12.2 Å². The molecule has 0 bridgehead atoms. The first-order valence-electron chi connectivity index (χ1n) is 5.09. The molecule has 1 fully saturated rings. The van der Waals surface area contributed by atoms with Crippen molar-refractivity contribution in [3.05, 3.63) is 12.2 Å². The Hall–Kier alpha value is -0.980. The molecule has 0 radical (unpaired) electrons. The number of hydrogen-bond acceptors (Lipinski definition) is 5. The SMILES string of the molecule is Cn1cnnc1CNCC1CCOCO1. The molecule has 6 nitrogen and oxygen atoms in total. The summed E-state index contributed by atoms with van der Waals surface area (Å²) in [5, 5.41) is 11.1. The van der Waals surface area contributed by atoms with Crippen molar-refractivity contribution in [1.29, 1.82) is 0 Å². The summed E-state index contributed by atoms with van der Waals surface area (Å²) in [4.78, 5) is 0. The zero-order valence-corrected chi connectivity index (χ0v) is 8.85. The predicted molar refractivity (Wildman–Crippen MR) is 53.0 cm³/mol. The van der Waals surface area contributed by atoms with Crippen LogP contribution in [0.25, 0.3) is 0 Å². The normalized spacial score (nSPS) is 21.8. The Morgan fingerprint density at radius 2 is 2.60 bits per heavy atom. The van der Waals surface area contributed by atoms with Crippen LogP contribution in [0.4, 0.5) is 0 Å². The van der Waals surface area contributed by atoms with Crippen LogP contribution in [0.15, 0.2) is 6.33 Å². The molecule has 1 aliphatic rings. The van der Waals surface area contributed by atoms with Crippen molar-refractivity contribution >= 4 is 0 Å². The number of nitrogens with zero attached hydrogens (tertiary/aromatic N) is 3. The molecule has 6 heteroatoms. The van der Waals surface area contributed by atoms with E-state index in [-0.39, 0.29) is 6.10 Å². The second-order valence-corrected chi connectivity index (χ2v) is 3.59. The fraction of sp³-hybridized carbons (Fsp3) is 0.778. The van der Waals surface area contributed by atoms with E-state index in [0.717, 1.165) is 31.9 Å². The third-order valence-corrected chi connectivity index (χ3v) is 2.43. The topological polar surface area (TPSA) is 61.2 Å². The van der Waals surface area contributed by atoms with Crippen molar-refractivity contribution in [1.82, 2.24) is 20.1 Å². The van der Waals surface area contributed by atoms with E-state index >= 15 is 0 Å². The Morgan fingerprint density at radius 3 is 3.27 bits per heavy atom. The third-order valence-electron chi connectivity index (χ3n) is 2.43. The maximum absolute atomic E-state index is 5.40. The first-order chi connectivity index (χ1) is 7.36. The van der Waals surface area contributed by atoms with Crippen molar-refractivity contribution < 1.29 is 9.47 Å². The van der Waals surface area contributed by atoms with E-state index in [4.69, 9.17) is 9.47 Å². The quantitative estimate of drug-likeness (QED) is 0.740. The summed E-state index contributed by atoms with van der Waals surface area (Å²) in [6.45, 7) is 2.75. The largest absolute Gasteiger partial charge is 0.355 e. The summed E-state index contributed by atoms with van der Waals surface area (Å²) < 4.78 is 12.4. The van der Waals surface area contributed by atoms with E-state index in [2.05, 4.69) is 15.5 Å². The molecule has 0 aromatic carbocycles. The third kappa shape index (κ3) is 2.98. The highest BCUT2D eigenvalue weighted by molar-refractivity contribution is 4.83. The summed E-state index contributed by atoms with van der Waals surface area (Å²) in [5.41, 5.74) is 0. The maximum Gasteiger partial charge on any atom is 0.147 e. The highest BCUT2D eigenvalue weighted by Crippen LogP contribution is 2.04. The molecule has 0 aliphatic carbocycles. The van der Waals surface area contributed by atoms with Crippen LogP contribution in [-0.4, -0.2) is 40.8 Å². The van der Waals surface area contributed by atoms with Crippen LogP contribution in [0.2, 0.25) is 0 Å². The molecule has 2 heterocycles. The fourth-order valence-corrected chi connectivity index (χ4v) is 1.47. The van der Waals surface area contributed by atoms with Crippen LogP contribution in [-0.2, 0) is 23.1 Å². The zero-order chi connectivity index (χ0) is 10.5. The average Bonchev–Trinajstić information content (AvgIpc) is 2.66. The van der Waals surface area contributed by atoms with Crippen molar-refractivity contribution in [2.24, 2.45) is 7.05 Å². The monoisotopic (exact) mass is 212 g/mol. The van der Waals surface area contributed by atoms with Crippen LogP contribution in [0.5, 0.6) is 0 Å². The summed E-state index contributed by atoms with van der Waals surface area (Å²) in [7, 11) is 1.93. The van der Waals surface area contributed by atoms with Crippen molar-refractivity contribution in [3.8, 4) is 0 Å². The lowest BCUT2D eigenvalue weighted by atomic mass is 10.2. The second-order valence-electron chi connectivity index (χ2n) is 3.59. The minimum atomic E-state index is 0.256. The predicted octanol–water partition coefficient (Wildman–Crippen LogP) is -0.332. The summed E-state index contributed by atoms with van der Waals surface area (Å²) in [6, 6.07) is 0. The van der Waals surface area contributed by atoms with Crippen molar-refractivity contribution in [3.63, 3.8) is 0 Å². The van der Waals surface area contributed by atoms with Crippen molar-refractivity contribution in [2.45, 2.75) is 19.1 Å². The molecule has 1 N–H and O–H groups in total. The van der Waals surface area contributed by atoms with E-state index in [1.807, 2.05) is 11.6 Å². The number of aromatic nitrogens is 3. The number of nitrogens with one attached hydrogen (secondary N) is 1. The van der Waals surface area contributed by atoms with Crippen LogP contribution >= 0.6 is 0 Å². The first-order valence-corrected chi connectivity index (χ1v) is 5.09. The van der Waals surface area contributed by atoms with Gasteiger partial charge in [-0.3, -0.25) is 0 Å². The Kier molecular flexibility index (Phi) is 3.65. The minimum absolute atomic E-state index is 0.256. The molecule has 0 amide bonds. The smallest absolute Gasteiger partial charge is 0.147 e. The lowest BCUT2D eigenvalue weighted by Gasteiger charge is -2.22. The number of ether oxygens (including phenoxy) is 2. The number of aryl methyl sites for hydroxylation is 1. The van der Waals surface area contributed by atoms with E-state index in [1.54, 1.807) is 6.33 Å². The van der Waals surface area contributed by atoms with Gasteiger partial charge in [0, 0.05) is 13.6 Å². The van der Waals surface area contributed by atoms with Crippen molar-refractivity contribution in [2.75, 3.05) is 19.9 Å². The summed E-state index contributed by atoms with van der Waals surface area (Å²) in [5.74, 6) is 0.932. The van der Waals surface area contributed by atoms with Gasteiger partial charge in [0.2, 0.25) is 0 Å². The van der Waals surface area contributed by atoms with Crippen LogP contribution in [0.3, 0.4) is 0 Å². The van der Waals surface area contributed by atoms with Gasteiger partial charge >= 0.3 is 0 Å². The second kappa shape index (κ2) is 5.20. The number of hydrogen-bond donors (Lipinski definition) is 1. The minimum Gasteiger partial charge on any atom is -0.355 e. The molecule has 1 saturated heterocycles.